The monoisotopic (exact) mass is 440 g/mol. The molecule has 3 aromatic rings. The number of nitrogens with one attached hydrogen (secondary N) is 1. The molecule has 0 saturated heterocycles. The van der Waals surface area contributed by atoms with Gasteiger partial charge < -0.3 is 5.32 Å². The summed E-state index contributed by atoms with van der Waals surface area (Å²) in [5.74, 6) is -0.542. The first-order valence-electron chi connectivity index (χ1n) is 9.35. The van der Waals surface area contributed by atoms with Crippen molar-refractivity contribution in [2.45, 2.75) is 43.8 Å². The summed E-state index contributed by atoms with van der Waals surface area (Å²) in [7, 11) is 0. The van der Waals surface area contributed by atoms with Crippen molar-refractivity contribution >= 4 is 23.2 Å². The molecule has 10 heteroatoms. The molecule has 1 aliphatic carbocycles. The Morgan fingerprint density at radius 3 is 2.47 bits per heavy atom. The van der Waals surface area contributed by atoms with Crippen LogP contribution in [0.15, 0.2) is 36.5 Å². The van der Waals surface area contributed by atoms with E-state index in [9.17, 15) is 22.4 Å². The van der Waals surface area contributed by atoms with Crippen molar-refractivity contribution in [3.05, 3.63) is 64.3 Å². The van der Waals surface area contributed by atoms with Crippen LogP contribution in [-0.2, 0) is 22.9 Å². The van der Waals surface area contributed by atoms with Crippen molar-refractivity contribution in [2.24, 2.45) is 0 Å². The Bertz CT molecular complexity index is 1090. The number of alkyl halides is 3. The lowest BCUT2D eigenvalue weighted by atomic mass is 9.78. The second kappa shape index (κ2) is 7.54. The number of halogens is 5. The smallest absolute Gasteiger partial charge is 0.348 e. The molecule has 5 nitrogen and oxygen atoms in total. The fourth-order valence-electron chi connectivity index (χ4n) is 4.06. The Morgan fingerprint density at radius 1 is 1.17 bits per heavy atom. The van der Waals surface area contributed by atoms with Crippen LogP contribution in [0.3, 0.4) is 0 Å². The molecule has 0 radical (unpaired) electrons. The summed E-state index contributed by atoms with van der Waals surface area (Å²) >= 11 is 5.85. The summed E-state index contributed by atoms with van der Waals surface area (Å²) in [6.07, 6.45) is -0.453. The molecule has 1 N–H and O–H groups in total. The van der Waals surface area contributed by atoms with Gasteiger partial charge in [-0.05, 0) is 36.6 Å². The molecule has 0 unspecified atom stereocenters. The molecule has 1 aliphatic rings. The SMILES string of the molecule is O=C(NCc1nnc2c(C(F)(F)F)cc(Cl)cn12)C1(c2ccc(F)cc2)CCCC1. The molecule has 158 valence electrons. The minimum atomic E-state index is -4.64. The van der Waals surface area contributed by atoms with Gasteiger partial charge in [0.2, 0.25) is 5.91 Å². The number of hydrogen-bond donors (Lipinski definition) is 1. The van der Waals surface area contributed by atoms with Crippen LogP contribution >= 0.6 is 11.6 Å². The molecular formula is C20H17ClF4N4O. The fraction of sp³-hybridized carbons (Fsp3) is 0.350. The van der Waals surface area contributed by atoms with E-state index in [1.807, 2.05) is 0 Å². The van der Waals surface area contributed by atoms with E-state index in [1.54, 1.807) is 12.1 Å². The predicted molar refractivity (Wildman–Crippen MR) is 101 cm³/mol. The van der Waals surface area contributed by atoms with E-state index in [-0.39, 0.29) is 34.8 Å². The Kier molecular flexibility index (Phi) is 5.17. The van der Waals surface area contributed by atoms with Gasteiger partial charge in [0.05, 0.1) is 17.0 Å². The van der Waals surface area contributed by atoms with Gasteiger partial charge in [-0.3, -0.25) is 9.20 Å². The lowest BCUT2D eigenvalue weighted by Crippen LogP contribution is -2.42. The van der Waals surface area contributed by atoms with E-state index in [0.717, 1.165) is 23.3 Å². The van der Waals surface area contributed by atoms with E-state index >= 15 is 0 Å². The maximum Gasteiger partial charge on any atom is 0.420 e. The first-order valence-corrected chi connectivity index (χ1v) is 9.73. The average Bonchev–Trinajstić information content (AvgIpc) is 3.33. The van der Waals surface area contributed by atoms with E-state index < -0.39 is 17.2 Å². The van der Waals surface area contributed by atoms with Crippen LogP contribution in [0.1, 0.15) is 42.6 Å². The maximum absolute atomic E-state index is 13.3. The second-order valence-corrected chi connectivity index (χ2v) is 7.79. The molecule has 0 bridgehead atoms. The van der Waals surface area contributed by atoms with Crippen molar-refractivity contribution < 1.29 is 22.4 Å². The van der Waals surface area contributed by atoms with Gasteiger partial charge in [0.25, 0.3) is 0 Å². The minimum absolute atomic E-state index is 0.124. The number of rotatable bonds is 4. The number of amides is 1. The molecule has 1 fully saturated rings. The van der Waals surface area contributed by atoms with Crippen molar-refractivity contribution in [3.63, 3.8) is 0 Å². The summed E-state index contributed by atoms with van der Waals surface area (Å²) in [4.78, 5) is 13.1. The Balaban J connectivity index is 1.61. The van der Waals surface area contributed by atoms with Gasteiger partial charge in [-0.25, -0.2) is 4.39 Å². The zero-order chi connectivity index (χ0) is 21.5. The van der Waals surface area contributed by atoms with Crippen LogP contribution in [-0.4, -0.2) is 20.5 Å². The summed E-state index contributed by atoms with van der Waals surface area (Å²) in [6, 6.07) is 6.62. The van der Waals surface area contributed by atoms with E-state index in [0.29, 0.717) is 18.4 Å². The van der Waals surface area contributed by atoms with Crippen LogP contribution < -0.4 is 5.32 Å². The highest BCUT2D eigenvalue weighted by atomic mass is 35.5. The summed E-state index contributed by atoms with van der Waals surface area (Å²) in [6.45, 7) is -0.124. The number of aromatic nitrogens is 3. The predicted octanol–water partition coefficient (Wildman–Crippen LogP) is 4.67. The molecule has 2 heterocycles. The topological polar surface area (TPSA) is 59.3 Å². The van der Waals surface area contributed by atoms with Gasteiger partial charge in [-0.1, -0.05) is 36.6 Å². The number of hydrogen-bond acceptors (Lipinski definition) is 3. The van der Waals surface area contributed by atoms with Crippen molar-refractivity contribution in [3.8, 4) is 0 Å². The van der Waals surface area contributed by atoms with Crippen LogP contribution in [0.25, 0.3) is 5.65 Å². The summed E-state index contributed by atoms with van der Waals surface area (Å²) in [5, 5.41) is 10.1. The van der Waals surface area contributed by atoms with Crippen LogP contribution in [0.4, 0.5) is 17.6 Å². The summed E-state index contributed by atoms with van der Waals surface area (Å²) in [5.41, 5.74) is -1.47. The molecule has 0 aliphatic heterocycles. The van der Waals surface area contributed by atoms with E-state index in [1.165, 1.54) is 18.3 Å². The van der Waals surface area contributed by atoms with Crippen LogP contribution in [0.2, 0.25) is 5.02 Å². The first-order chi connectivity index (χ1) is 14.2. The van der Waals surface area contributed by atoms with Crippen molar-refractivity contribution in [1.29, 1.82) is 0 Å². The highest BCUT2D eigenvalue weighted by Crippen LogP contribution is 2.41. The highest BCUT2D eigenvalue weighted by Gasteiger charge is 2.42. The third-order valence-electron chi connectivity index (χ3n) is 5.54. The Hall–Kier alpha value is -2.68. The number of carbonyl (C=O) groups is 1. The maximum atomic E-state index is 13.3. The lowest BCUT2D eigenvalue weighted by molar-refractivity contribution is -0.136. The fourth-order valence-corrected chi connectivity index (χ4v) is 4.26. The number of nitrogens with zero attached hydrogens (tertiary/aromatic N) is 3. The average molecular weight is 441 g/mol. The van der Waals surface area contributed by atoms with Gasteiger partial charge in [-0.15, -0.1) is 10.2 Å². The van der Waals surface area contributed by atoms with Crippen molar-refractivity contribution in [2.75, 3.05) is 0 Å². The molecule has 30 heavy (non-hydrogen) atoms. The molecule has 4 rings (SSSR count). The van der Waals surface area contributed by atoms with Crippen LogP contribution in [0, 0.1) is 5.82 Å². The van der Waals surface area contributed by atoms with Crippen LogP contribution in [0.5, 0.6) is 0 Å². The Labute approximate surface area is 174 Å². The van der Waals surface area contributed by atoms with Gasteiger partial charge in [0.15, 0.2) is 11.5 Å². The van der Waals surface area contributed by atoms with Crippen molar-refractivity contribution in [1.82, 2.24) is 19.9 Å². The molecule has 1 aromatic carbocycles. The molecular weight excluding hydrogens is 424 g/mol. The largest absolute Gasteiger partial charge is 0.420 e. The van der Waals surface area contributed by atoms with Gasteiger partial charge in [0, 0.05) is 6.20 Å². The number of fused-ring (bicyclic) bond motifs is 1. The molecule has 1 saturated carbocycles. The molecule has 0 spiro atoms. The van der Waals surface area contributed by atoms with Gasteiger partial charge in [0.1, 0.15) is 11.4 Å². The third-order valence-corrected chi connectivity index (χ3v) is 5.75. The van der Waals surface area contributed by atoms with E-state index in [4.69, 9.17) is 11.6 Å². The standard InChI is InChI=1S/C20H17ClF4N4O/c21-13-9-15(20(23,24)25)17-28-27-16(29(17)11-13)10-26-18(30)19(7-1-2-8-19)12-3-5-14(22)6-4-12/h3-6,9,11H,1-2,7-8,10H2,(H,26,30). The second-order valence-electron chi connectivity index (χ2n) is 7.36. The minimum Gasteiger partial charge on any atom is -0.348 e. The normalized spacial score (nSPS) is 16.2. The molecule has 2 aromatic heterocycles. The molecule has 1 amide bonds. The highest BCUT2D eigenvalue weighted by molar-refractivity contribution is 6.30. The number of pyridine rings is 1. The lowest BCUT2D eigenvalue weighted by Gasteiger charge is -2.28. The number of benzene rings is 1. The zero-order valence-electron chi connectivity index (χ0n) is 15.6. The number of carbonyl (C=O) groups excluding carboxylic acids is 1. The molecule has 0 atom stereocenters. The third kappa shape index (κ3) is 3.62. The zero-order valence-corrected chi connectivity index (χ0v) is 16.4. The Morgan fingerprint density at radius 2 is 1.83 bits per heavy atom. The van der Waals surface area contributed by atoms with E-state index in [2.05, 4.69) is 15.5 Å². The first kappa shape index (κ1) is 20.6. The summed E-state index contributed by atoms with van der Waals surface area (Å²) < 4.78 is 54.2. The van der Waals surface area contributed by atoms with Gasteiger partial charge >= 0.3 is 6.18 Å². The quantitative estimate of drug-likeness (QED) is 0.600. The van der Waals surface area contributed by atoms with Gasteiger partial charge in [-0.2, -0.15) is 13.2 Å².